The average molecular weight is 274 g/mol. The van der Waals surface area contributed by atoms with Crippen molar-refractivity contribution in [1.82, 2.24) is 24.7 Å². The standard InChI is InChI=1S/C12H18N8/c13-19-11-16-10(15-9-5-2-1-3-6-9)17-12(18-11)20-8-4-7-14-20/h4,7-9H,1-3,5-6,13H2,(H2,15,16,17,18,19). The third-order valence-electron chi connectivity index (χ3n) is 3.40. The molecule has 0 bridgehead atoms. The van der Waals surface area contributed by atoms with Crippen molar-refractivity contribution >= 4 is 11.9 Å². The first-order chi connectivity index (χ1) is 9.85. The molecule has 2 heterocycles. The quantitative estimate of drug-likeness (QED) is 0.566. The summed E-state index contributed by atoms with van der Waals surface area (Å²) in [5.74, 6) is 6.71. The number of rotatable bonds is 4. The summed E-state index contributed by atoms with van der Waals surface area (Å²) in [4.78, 5) is 12.8. The van der Waals surface area contributed by atoms with Gasteiger partial charge in [0.25, 0.3) is 5.95 Å². The van der Waals surface area contributed by atoms with Gasteiger partial charge in [0, 0.05) is 18.4 Å². The fraction of sp³-hybridized carbons (Fsp3) is 0.500. The molecule has 1 aliphatic carbocycles. The Morgan fingerprint density at radius 2 is 1.90 bits per heavy atom. The van der Waals surface area contributed by atoms with Crippen LogP contribution in [0, 0.1) is 0 Å². The predicted molar refractivity (Wildman–Crippen MR) is 75.3 cm³/mol. The van der Waals surface area contributed by atoms with E-state index in [1.165, 1.54) is 19.3 Å². The molecule has 0 unspecified atom stereocenters. The first kappa shape index (κ1) is 12.8. The first-order valence-electron chi connectivity index (χ1n) is 6.84. The molecule has 2 aromatic heterocycles. The third kappa shape index (κ3) is 2.85. The van der Waals surface area contributed by atoms with Crippen LogP contribution in [0.3, 0.4) is 0 Å². The van der Waals surface area contributed by atoms with E-state index in [2.05, 4.69) is 30.8 Å². The topological polar surface area (TPSA) is 107 Å². The molecule has 1 fully saturated rings. The summed E-state index contributed by atoms with van der Waals surface area (Å²) in [7, 11) is 0. The molecule has 0 radical (unpaired) electrons. The minimum Gasteiger partial charge on any atom is -0.351 e. The molecule has 0 atom stereocenters. The van der Waals surface area contributed by atoms with Crippen LogP contribution < -0.4 is 16.6 Å². The van der Waals surface area contributed by atoms with Crippen LogP contribution in [0.15, 0.2) is 18.5 Å². The van der Waals surface area contributed by atoms with Crippen molar-refractivity contribution in [2.45, 2.75) is 38.1 Å². The van der Waals surface area contributed by atoms with Gasteiger partial charge >= 0.3 is 0 Å². The second-order valence-electron chi connectivity index (χ2n) is 4.86. The molecule has 106 valence electrons. The highest BCUT2D eigenvalue weighted by Gasteiger charge is 2.15. The van der Waals surface area contributed by atoms with Crippen molar-refractivity contribution in [3.63, 3.8) is 0 Å². The highest BCUT2D eigenvalue weighted by atomic mass is 15.4. The SMILES string of the molecule is NNc1nc(NC2CCCCC2)nc(-n2cccn2)n1. The van der Waals surface area contributed by atoms with E-state index < -0.39 is 0 Å². The first-order valence-corrected chi connectivity index (χ1v) is 6.84. The van der Waals surface area contributed by atoms with E-state index in [4.69, 9.17) is 5.84 Å². The summed E-state index contributed by atoms with van der Waals surface area (Å²) in [6.07, 6.45) is 9.55. The van der Waals surface area contributed by atoms with Gasteiger partial charge in [-0.3, -0.25) is 5.43 Å². The Labute approximate surface area is 116 Å². The van der Waals surface area contributed by atoms with Gasteiger partial charge in [0.2, 0.25) is 11.9 Å². The maximum atomic E-state index is 5.41. The molecular formula is C12H18N8. The lowest BCUT2D eigenvalue weighted by Crippen LogP contribution is -2.25. The van der Waals surface area contributed by atoms with Crippen molar-refractivity contribution in [1.29, 1.82) is 0 Å². The molecule has 8 nitrogen and oxygen atoms in total. The van der Waals surface area contributed by atoms with Crippen molar-refractivity contribution in [3.8, 4) is 5.95 Å². The van der Waals surface area contributed by atoms with E-state index in [1.54, 1.807) is 17.1 Å². The Morgan fingerprint density at radius 1 is 1.10 bits per heavy atom. The Bertz CT molecular complexity index is 547. The Balaban J connectivity index is 1.84. The zero-order chi connectivity index (χ0) is 13.8. The maximum Gasteiger partial charge on any atom is 0.257 e. The summed E-state index contributed by atoms with van der Waals surface area (Å²) < 4.78 is 1.58. The van der Waals surface area contributed by atoms with E-state index in [9.17, 15) is 0 Å². The molecule has 1 saturated carbocycles. The molecular weight excluding hydrogens is 256 g/mol. The van der Waals surface area contributed by atoms with Crippen LogP contribution in [-0.2, 0) is 0 Å². The fourth-order valence-corrected chi connectivity index (χ4v) is 2.41. The van der Waals surface area contributed by atoms with Crippen molar-refractivity contribution in [2.24, 2.45) is 5.84 Å². The molecule has 0 aromatic carbocycles. The second-order valence-corrected chi connectivity index (χ2v) is 4.86. The summed E-state index contributed by atoms with van der Waals surface area (Å²) in [6.45, 7) is 0. The number of aromatic nitrogens is 5. The third-order valence-corrected chi connectivity index (χ3v) is 3.40. The zero-order valence-corrected chi connectivity index (χ0v) is 11.2. The Kier molecular flexibility index (Phi) is 3.73. The van der Waals surface area contributed by atoms with Gasteiger partial charge in [-0.25, -0.2) is 10.5 Å². The van der Waals surface area contributed by atoms with Crippen molar-refractivity contribution < 1.29 is 0 Å². The molecule has 0 amide bonds. The zero-order valence-electron chi connectivity index (χ0n) is 11.2. The number of hydrogen-bond acceptors (Lipinski definition) is 7. The molecule has 0 spiro atoms. The number of hydrogen-bond donors (Lipinski definition) is 3. The number of nitrogens with two attached hydrogens (primary N) is 1. The fourth-order valence-electron chi connectivity index (χ4n) is 2.41. The van der Waals surface area contributed by atoms with E-state index in [-0.39, 0.29) is 0 Å². The van der Waals surface area contributed by atoms with Crippen LogP contribution in [0.2, 0.25) is 0 Å². The van der Waals surface area contributed by atoms with Gasteiger partial charge in [-0.2, -0.15) is 20.1 Å². The highest BCUT2D eigenvalue weighted by molar-refractivity contribution is 5.37. The molecule has 3 rings (SSSR count). The lowest BCUT2D eigenvalue weighted by molar-refractivity contribution is 0.460. The summed E-state index contributed by atoms with van der Waals surface area (Å²) >= 11 is 0. The van der Waals surface area contributed by atoms with Crippen LogP contribution in [-0.4, -0.2) is 30.8 Å². The smallest absolute Gasteiger partial charge is 0.257 e. The van der Waals surface area contributed by atoms with Crippen LogP contribution in [0.5, 0.6) is 0 Å². The Hall–Kier alpha value is -2.22. The molecule has 8 heteroatoms. The summed E-state index contributed by atoms with van der Waals surface area (Å²) in [6, 6.07) is 2.23. The monoisotopic (exact) mass is 274 g/mol. The van der Waals surface area contributed by atoms with Gasteiger partial charge in [-0.15, -0.1) is 0 Å². The van der Waals surface area contributed by atoms with E-state index in [0.29, 0.717) is 23.9 Å². The maximum absolute atomic E-state index is 5.41. The molecule has 0 aliphatic heterocycles. The van der Waals surface area contributed by atoms with Gasteiger partial charge in [0.15, 0.2) is 0 Å². The lowest BCUT2D eigenvalue weighted by atomic mass is 9.96. The Morgan fingerprint density at radius 3 is 2.60 bits per heavy atom. The van der Waals surface area contributed by atoms with Crippen LogP contribution in [0.25, 0.3) is 5.95 Å². The lowest BCUT2D eigenvalue weighted by Gasteiger charge is -2.22. The normalized spacial score (nSPS) is 16.1. The minimum absolute atomic E-state index is 0.323. The number of nitrogen functional groups attached to an aromatic ring is 1. The van der Waals surface area contributed by atoms with Gasteiger partial charge in [-0.05, 0) is 18.9 Å². The largest absolute Gasteiger partial charge is 0.351 e. The van der Waals surface area contributed by atoms with Crippen LogP contribution in [0.4, 0.5) is 11.9 Å². The van der Waals surface area contributed by atoms with Crippen LogP contribution >= 0.6 is 0 Å². The summed E-state index contributed by atoms with van der Waals surface area (Å²) in [5, 5.41) is 7.48. The van der Waals surface area contributed by atoms with Gasteiger partial charge in [0.1, 0.15) is 0 Å². The minimum atomic E-state index is 0.323. The molecule has 20 heavy (non-hydrogen) atoms. The average Bonchev–Trinajstić information content (AvgIpc) is 3.02. The second kappa shape index (κ2) is 5.83. The number of hydrazine groups is 1. The molecule has 4 N–H and O–H groups in total. The number of anilines is 2. The van der Waals surface area contributed by atoms with Crippen LogP contribution in [0.1, 0.15) is 32.1 Å². The molecule has 1 aliphatic rings. The molecule has 0 saturated heterocycles. The van der Waals surface area contributed by atoms with Gasteiger partial charge < -0.3 is 5.32 Å². The highest BCUT2D eigenvalue weighted by Crippen LogP contribution is 2.20. The van der Waals surface area contributed by atoms with Crippen molar-refractivity contribution in [3.05, 3.63) is 18.5 Å². The van der Waals surface area contributed by atoms with E-state index in [1.807, 2.05) is 6.07 Å². The number of nitrogens with zero attached hydrogens (tertiary/aromatic N) is 5. The molecule has 2 aromatic rings. The van der Waals surface area contributed by atoms with E-state index >= 15 is 0 Å². The number of nitrogens with one attached hydrogen (secondary N) is 2. The summed E-state index contributed by atoms with van der Waals surface area (Å²) in [5.41, 5.74) is 2.46. The van der Waals surface area contributed by atoms with Crippen molar-refractivity contribution in [2.75, 3.05) is 10.7 Å². The van der Waals surface area contributed by atoms with Gasteiger partial charge in [0.05, 0.1) is 0 Å². The van der Waals surface area contributed by atoms with Gasteiger partial charge in [-0.1, -0.05) is 19.3 Å². The predicted octanol–water partition coefficient (Wildman–Crippen LogP) is 1.09. The van der Waals surface area contributed by atoms with E-state index in [0.717, 1.165) is 12.8 Å².